The summed E-state index contributed by atoms with van der Waals surface area (Å²) in [6.07, 6.45) is 0. The summed E-state index contributed by atoms with van der Waals surface area (Å²) in [6.45, 7) is 9.35. The fourth-order valence-corrected chi connectivity index (χ4v) is 3.96. The van der Waals surface area contributed by atoms with Gasteiger partial charge < -0.3 is 15.0 Å². The fourth-order valence-electron chi connectivity index (χ4n) is 2.87. The van der Waals surface area contributed by atoms with Crippen molar-refractivity contribution in [2.75, 3.05) is 64.8 Å². The van der Waals surface area contributed by atoms with Gasteiger partial charge in [0.1, 0.15) is 0 Å². The van der Waals surface area contributed by atoms with Gasteiger partial charge in [0.15, 0.2) is 0 Å². The van der Waals surface area contributed by atoms with Gasteiger partial charge in [0.25, 0.3) is 0 Å². The molecule has 23 heavy (non-hydrogen) atoms. The number of urea groups is 1. The number of hydrogen-bond donors (Lipinski definition) is 1. The van der Waals surface area contributed by atoms with Gasteiger partial charge in [0, 0.05) is 51.9 Å². The van der Waals surface area contributed by atoms with Crippen LogP contribution in [0.1, 0.15) is 13.8 Å². The van der Waals surface area contributed by atoms with Crippen molar-refractivity contribution in [1.82, 2.24) is 19.4 Å². The van der Waals surface area contributed by atoms with Crippen LogP contribution in [0.2, 0.25) is 0 Å². The zero-order chi connectivity index (χ0) is 16.9. The van der Waals surface area contributed by atoms with Gasteiger partial charge in [0.2, 0.25) is 10.0 Å². The van der Waals surface area contributed by atoms with Gasteiger partial charge in [-0.1, -0.05) is 0 Å². The number of rotatable bonds is 5. The summed E-state index contributed by atoms with van der Waals surface area (Å²) in [6, 6.07) is -0.0580. The third-order valence-corrected chi connectivity index (χ3v) is 6.17. The lowest BCUT2D eigenvalue weighted by molar-refractivity contribution is 0.0345. The molecule has 1 atom stereocenters. The molecule has 0 aromatic carbocycles. The van der Waals surface area contributed by atoms with E-state index in [0.29, 0.717) is 26.2 Å². The first-order valence-corrected chi connectivity index (χ1v) is 9.86. The molecule has 134 valence electrons. The van der Waals surface area contributed by atoms with Crippen molar-refractivity contribution >= 4 is 16.1 Å². The van der Waals surface area contributed by atoms with Crippen LogP contribution in [0.15, 0.2) is 0 Å². The quantitative estimate of drug-likeness (QED) is 0.716. The maximum absolute atomic E-state index is 12.3. The SMILES string of the molecule is CCS(=O)(=O)N1CCN(C(=O)NC(C)CN2CCOCC2)CC1. The van der Waals surface area contributed by atoms with Crippen LogP contribution in [0.25, 0.3) is 0 Å². The molecule has 0 aromatic heterocycles. The van der Waals surface area contributed by atoms with E-state index in [4.69, 9.17) is 4.74 Å². The maximum Gasteiger partial charge on any atom is 0.317 e. The Labute approximate surface area is 138 Å². The third-order valence-electron chi connectivity index (χ3n) is 4.29. The van der Waals surface area contributed by atoms with E-state index in [0.717, 1.165) is 32.8 Å². The second-order valence-electron chi connectivity index (χ2n) is 6.05. The normalized spacial score (nSPS) is 22.8. The van der Waals surface area contributed by atoms with Gasteiger partial charge >= 0.3 is 6.03 Å². The number of ether oxygens (including phenoxy) is 1. The van der Waals surface area contributed by atoms with Crippen molar-refractivity contribution in [2.45, 2.75) is 19.9 Å². The molecule has 0 saturated carbocycles. The minimum absolute atomic E-state index is 0.0537. The number of carbonyl (C=O) groups is 1. The van der Waals surface area contributed by atoms with Crippen molar-refractivity contribution in [2.24, 2.45) is 0 Å². The van der Waals surface area contributed by atoms with Crippen LogP contribution in [0.3, 0.4) is 0 Å². The average molecular weight is 348 g/mol. The van der Waals surface area contributed by atoms with Crippen molar-refractivity contribution in [1.29, 1.82) is 0 Å². The lowest BCUT2D eigenvalue weighted by atomic mass is 10.3. The molecular formula is C14H28N4O4S. The van der Waals surface area contributed by atoms with Gasteiger partial charge in [-0.05, 0) is 13.8 Å². The highest BCUT2D eigenvalue weighted by Crippen LogP contribution is 2.08. The lowest BCUT2D eigenvalue weighted by Crippen LogP contribution is -2.55. The van der Waals surface area contributed by atoms with Gasteiger partial charge in [-0.3, -0.25) is 4.90 Å². The first kappa shape index (κ1) is 18.4. The molecule has 0 radical (unpaired) electrons. The molecule has 9 heteroatoms. The van der Waals surface area contributed by atoms with E-state index < -0.39 is 10.0 Å². The van der Waals surface area contributed by atoms with Crippen molar-refractivity contribution in [3.8, 4) is 0 Å². The highest BCUT2D eigenvalue weighted by molar-refractivity contribution is 7.89. The number of amides is 2. The van der Waals surface area contributed by atoms with Crippen LogP contribution in [0, 0.1) is 0 Å². The average Bonchev–Trinajstić information content (AvgIpc) is 2.55. The Morgan fingerprint density at radius 3 is 2.30 bits per heavy atom. The number of nitrogens with zero attached hydrogens (tertiary/aromatic N) is 3. The Bertz CT molecular complexity index is 485. The number of piperazine rings is 1. The molecule has 0 aliphatic carbocycles. The smallest absolute Gasteiger partial charge is 0.317 e. The topological polar surface area (TPSA) is 82.2 Å². The van der Waals surface area contributed by atoms with E-state index in [1.807, 2.05) is 6.92 Å². The third kappa shape index (κ3) is 5.30. The van der Waals surface area contributed by atoms with Gasteiger partial charge in [-0.25, -0.2) is 13.2 Å². The predicted octanol–water partition coefficient (Wildman–Crippen LogP) is -0.616. The minimum atomic E-state index is -3.16. The number of sulfonamides is 1. The molecule has 0 bridgehead atoms. The van der Waals surface area contributed by atoms with Crippen LogP contribution < -0.4 is 5.32 Å². The van der Waals surface area contributed by atoms with E-state index in [9.17, 15) is 13.2 Å². The summed E-state index contributed by atoms with van der Waals surface area (Å²) in [7, 11) is -3.16. The first-order chi connectivity index (χ1) is 10.9. The maximum atomic E-state index is 12.3. The van der Waals surface area contributed by atoms with E-state index in [1.54, 1.807) is 11.8 Å². The van der Waals surface area contributed by atoms with Crippen molar-refractivity contribution in [3.63, 3.8) is 0 Å². The highest BCUT2D eigenvalue weighted by Gasteiger charge is 2.28. The Balaban J connectivity index is 1.74. The molecule has 2 fully saturated rings. The number of morpholine rings is 1. The summed E-state index contributed by atoms with van der Waals surface area (Å²) < 4.78 is 30.4. The van der Waals surface area contributed by atoms with Crippen LogP contribution in [0.4, 0.5) is 4.79 Å². The molecule has 2 aliphatic heterocycles. The number of carbonyl (C=O) groups excluding carboxylic acids is 1. The molecule has 2 aliphatic rings. The summed E-state index contributed by atoms with van der Waals surface area (Å²) in [5.74, 6) is 0.107. The molecule has 2 saturated heterocycles. The Morgan fingerprint density at radius 1 is 1.13 bits per heavy atom. The fraction of sp³-hybridized carbons (Fsp3) is 0.929. The Morgan fingerprint density at radius 2 is 1.74 bits per heavy atom. The number of hydrogen-bond acceptors (Lipinski definition) is 5. The van der Waals surface area contributed by atoms with Crippen LogP contribution in [-0.2, 0) is 14.8 Å². The highest BCUT2D eigenvalue weighted by atomic mass is 32.2. The molecule has 2 rings (SSSR count). The molecule has 0 aromatic rings. The van der Waals surface area contributed by atoms with Crippen LogP contribution in [0.5, 0.6) is 0 Å². The summed E-state index contributed by atoms with van der Waals surface area (Å²) in [5.41, 5.74) is 0. The van der Waals surface area contributed by atoms with E-state index in [-0.39, 0.29) is 17.8 Å². The molecule has 1 unspecified atom stereocenters. The zero-order valence-electron chi connectivity index (χ0n) is 14.0. The lowest BCUT2D eigenvalue weighted by Gasteiger charge is -2.35. The largest absolute Gasteiger partial charge is 0.379 e. The Kier molecular flexibility index (Phi) is 6.63. The summed E-state index contributed by atoms with van der Waals surface area (Å²) in [4.78, 5) is 16.2. The predicted molar refractivity (Wildman–Crippen MR) is 87.9 cm³/mol. The second kappa shape index (κ2) is 8.27. The number of nitrogens with one attached hydrogen (secondary N) is 1. The second-order valence-corrected chi connectivity index (χ2v) is 8.31. The van der Waals surface area contributed by atoms with E-state index in [1.165, 1.54) is 4.31 Å². The van der Waals surface area contributed by atoms with Crippen LogP contribution in [-0.4, -0.2) is 99.4 Å². The molecule has 2 amide bonds. The monoisotopic (exact) mass is 348 g/mol. The molecule has 0 spiro atoms. The minimum Gasteiger partial charge on any atom is -0.379 e. The first-order valence-electron chi connectivity index (χ1n) is 8.25. The molecule has 1 N–H and O–H groups in total. The van der Waals surface area contributed by atoms with Crippen LogP contribution >= 0.6 is 0 Å². The van der Waals surface area contributed by atoms with Crippen molar-refractivity contribution in [3.05, 3.63) is 0 Å². The molecule has 2 heterocycles. The van der Waals surface area contributed by atoms with Gasteiger partial charge in [-0.15, -0.1) is 0 Å². The Hall–Kier alpha value is -0.900. The van der Waals surface area contributed by atoms with Crippen molar-refractivity contribution < 1.29 is 17.9 Å². The van der Waals surface area contributed by atoms with E-state index >= 15 is 0 Å². The van der Waals surface area contributed by atoms with E-state index in [2.05, 4.69) is 10.2 Å². The van der Waals surface area contributed by atoms with Gasteiger partial charge in [0.05, 0.1) is 19.0 Å². The molecule has 8 nitrogen and oxygen atoms in total. The standard InChI is InChI=1S/C14H28N4O4S/c1-3-23(20,21)18-6-4-17(5-7-18)14(19)15-13(2)12-16-8-10-22-11-9-16/h13H,3-12H2,1-2H3,(H,15,19). The van der Waals surface area contributed by atoms with Gasteiger partial charge in [-0.2, -0.15) is 4.31 Å². The summed E-state index contributed by atoms with van der Waals surface area (Å²) >= 11 is 0. The summed E-state index contributed by atoms with van der Waals surface area (Å²) in [5, 5.41) is 3.00. The zero-order valence-corrected chi connectivity index (χ0v) is 14.8. The molecular weight excluding hydrogens is 320 g/mol.